The van der Waals surface area contributed by atoms with Gasteiger partial charge in [-0.05, 0) is 25.0 Å². The number of para-hydroxylation sites is 1. The molecule has 2 rings (SSSR count). The van der Waals surface area contributed by atoms with Crippen molar-refractivity contribution in [3.05, 3.63) is 36.0 Å². The van der Waals surface area contributed by atoms with E-state index in [1.54, 1.807) is 0 Å². The summed E-state index contributed by atoms with van der Waals surface area (Å²) in [5, 5.41) is 12.7. The SMILES string of the molecule is CC(=O)C[C@@H](Cc1c[nH]c2ccccc12)C(=O)N[C@H](CSSC(C)(C)C)C(=O)N(C)CC(=O)OCC(=O)C[C@@H](C)C(=O)O. The number of carbonyl (C=O) groups excluding carboxylic acids is 5. The van der Waals surface area contributed by atoms with Crippen LogP contribution >= 0.6 is 21.6 Å². The molecule has 0 saturated heterocycles. The number of ether oxygens (including phenoxy) is 1. The van der Waals surface area contributed by atoms with Crippen LogP contribution in [-0.4, -0.2) is 87.1 Å². The van der Waals surface area contributed by atoms with Crippen LogP contribution in [0.3, 0.4) is 0 Å². The van der Waals surface area contributed by atoms with E-state index in [2.05, 4.69) is 10.3 Å². The number of carboxylic acid groups (broad SMARTS) is 1. The summed E-state index contributed by atoms with van der Waals surface area (Å²) in [6.45, 7) is 7.77. The van der Waals surface area contributed by atoms with Crippen molar-refractivity contribution >= 4 is 67.8 Å². The molecule has 0 aliphatic heterocycles. The number of aromatic nitrogens is 1. The fourth-order valence-corrected chi connectivity index (χ4v) is 6.60. The van der Waals surface area contributed by atoms with Crippen molar-refractivity contribution in [2.24, 2.45) is 11.8 Å². The highest BCUT2D eigenvalue weighted by Crippen LogP contribution is 2.35. The van der Waals surface area contributed by atoms with Gasteiger partial charge in [0.1, 0.15) is 25.0 Å². The maximum atomic E-state index is 13.5. The van der Waals surface area contributed by atoms with Gasteiger partial charge in [0.25, 0.3) is 0 Å². The quantitative estimate of drug-likeness (QED) is 0.173. The van der Waals surface area contributed by atoms with Crippen molar-refractivity contribution in [1.82, 2.24) is 15.2 Å². The van der Waals surface area contributed by atoms with Crippen molar-refractivity contribution in [3.8, 4) is 0 Å². The molecule has 1 heterocycles. The number of Topliss-reactive ketones (excluding diaryl/α,β-unsaturated/α-hetero) is 2. The fraction of sp³-hybridized carbons (Fsp3) is 0.533. The monoisotopic (exact) mass is 635 g/mol. The van der Waals surface area contributed by atoms with Gasteiger partial charge >= 0.3 is 11.9 Å². The van der Waals surface area contributed by atoms with Crippen molar-refractivity contribution < 1.29 is 38.6 Å². The van der Waals surface area contributed by atoms with Crippen LogP contribution in [0.25, 0.3) is 10.9 Å². The number of likely N-dealkylation sites (N-methyl/N-ethyl adjacent to an activating group) is 1. The molecule has 3 atom stereocenters. The Morgan fingerprint density at radius 1 is 1.09 bits per heavy atom. The molecule has 1 aromatic carbocycles. The van der Waals surface area contributed by atoms with Gasteiger partial charge in [0, 0.05) is 53.4 Å². The molecule has 13 heteroatoms. The number of nitrogens with zero attached hydrogens (tertiary/aromatic N) is 1. The number of amides is 2. The number of benzene rings is 1. The molecule has 0 saturated carbocycles. The topological polar surface area (TPSA) is 163 Å². The minimum absolute atomic E-state index is 0.00712. The number of esters is 1. The lowest BCUT2D eigenvalue weighted by atomic mass is 9.93. The number of carboxylic acids is 1. The first-order valence-corrected chi connectivity index (χ1v) is 16.2. The van der Waals surface area contributed by atoms with Crippen LogP contribution in [0, 0.1) is 11.8 Å². The molecule has 236 valence electrons. The van der Waals surface area contributed by atoms with Crippen LogP contribution in [0.5, 0.6) is 0 Å². The molecule has 0 aliphatic rings. The van der Waals surface area contributed by atoms with Crippen LogP contribution in [0.15, 0.2) is 30.5 Å². The Kier molecular flexibility index (Phi) is 13.8. The first-order valence-electron chi connectivity index (χ1n) is 13.9. The number of aliphatic carboxylic acids is 1. The number of rotatable bonds is 17. The summed E-state index contributed by atoms with van der Waals surface area (Å²) in [6.07, 6.45) is 1.81. The van der Waals surface area contributed by atoms with E-state index in [-0.39, 0.29) is 35.5 Å². The summed E-state index contributed by atoms with van der Waals surface area (Å²) in [5.41, 5.74) is 1.79. The summed E-state index contributed by atoms with van der Waals surface area (Å²) in [5.74, 6) is -5.10. The highest BCUT2D eigenvalue weighted by atomic mass is 33.1. The number of nitrogens with one attached hydrogen (secondary N) is 2. The first kappa shape index (κ1) is 35.9. The highest BCUT2D eigenvalue weighted by Gasteiger charge is 2.30. The second-order valence-electron chi connectivity index (χ2n) is 11.5. The second kappa shape index (κ2) is 16.5. The number of hydrogen-bond donors (Lipinski definition) is 3. The van der Waals surface area contributed by atoms with E-state index in [4.69, 9.17) is 9.84 Å². The molecule has 0 unspecified atom stereocenters. The number of fused-ring (bicyclic) bond motifs is 1. The third-order valence-electron chi connectivity index (χ3n) is 6.30. The van der Waals surface area contributed by atoms with Gasteiger partial charge in [-0.3, -0.25) is 24.0 Å². The summed E-state index contributed by atoms with van der Waals surface area (Å²) in [4.78, 5) is 78.6. The van der Waals surface area contributed by atoms with E-state index in [9.17, 15) is 28.8 Å². The summed E-state index contributed by atoms with van der Waals surface area (Å²) in [7, 11) is 4.33. The Morgan fingerprint density at radius 2 is 1.77 bits per heavy atom. The molecule has 0 fully saturated rings. The summed E-state index contributed by atoms with van der Waals surface area (Å²) in [6, 6.07) is 6.65. The molecule has 0 radical (unpaired) electrons. The lowest BCUT2D eigenvalue weighted by molar-refractivity contribution is -0.152. The van der Waals surface area contributed by atoms with Crippen molar-refractivity contribution in [3.63, 3.8) is 0 Å². The fourth-order valence-electron chi connectivity index (χ4n) is 4.15. The predicted octanol–water partition coefficient (Wildman–Crippen LogP) is 3.65. The number of H-pyrrole nitrogens is 1. The molecule has 2 aromatic rings. The standard InChI is InChI=1S/C30H41N3O8S2/c1-18(29(39)40)11-22(35)16-41-26(36)15-33(6)28(38)25(17-42-43-30(3,4)5)32-27(37)20(12-19(2)34)13-21-14-31-24-10-8-7-9-23(21)24/h7-10,14,18,20,25,31H,11-13,15-17H2,1-6H3,(H,32,37)(H,39,40)/t18-,20+,25-/m1/s1. The van der Waals surface area contributed by atoms with Crippen molar-refractivity contribution in [2.75, 3.05) is 26.0 Å². The van der Waals surface area contributed by atoms with E-state index in [1.807, 2.05) is 51.2 Å². The van der Waals surface area contributed by atoms with Crippen LogP contribution < -0.4 is 5.32 Å². The van der Waals surface area contributed by atoms with E-state index in [0.717, 1.165) is 21.4 Å². The minimum Gasteiger partial charge on any atom is -0.481 e. The lowest BCUT2D eigenvalue weighted by Gasteiger charge is -2.26. The number of carbonyl (C=O) groups is 6. The maximum absolute atomic E-state index is 13.5. The van der Waals surface area contributed by atoms with Gasteiger partial charge < -0.3 is 29.8 Å². The summed E-state index contributed by atoms with van der Waals surface area (Å²) < 4.78 is 4.84. The van der Waals surface area contributed by atoms with Gasteiger partial charge in [0.05, 0.1) is 5.92 Å². The Morgan fingerprint density at radius 3 is 2.40 bits per heavy atom. The Balaban J connectivity index is 2.12. The van der Waals surface area contributed by atoms with Gasteiger partial charge in [-0.15, -0.1) is 0 Å². The molecule has 0 spiro atoms. The molecular formula is C30H41N3O8S2. The van der Waals surface area contributed by atoms with E-state index >= 15 is 0 Å². The molecule has 0 aliphatic carbocycles. The molecule has 0 bridgehead atoms. The van der Waals surface area contributed by atoms with E-state index in [0.29, 0.717) is 0 Å². The second-order valence-corrected chi connectivity index (χ2v) is 14.7. The molecule has 3 N–H and O–H groups in total. The summed E-state index contributed by atoms with van der Waals surface area (Å²) >= 11 is 0. The van der Waals surface area contributed by atoms with Gasteiger partial charge in [-0.2, -0.15) is 0 Å². The largest absolute Gasteiger partial charge is 0.481 e. The number of aromatic amines is 1. The van der Waals surface area contributed by atoms with Crippen LogP contribution in [-0.2, 0) is 39.9 Å². The van der Waals surface area contributed by atoms with E-state index in [1.165, 1.54) is 42.5 Å². The zero-order valence-corrected chi connectivity index (χ0v) is 27.1. The lowest BCUT2D eigenvalue weighted by Crippen LogP contribution is -2.51. The van der Waals surface area contributed by atoms with Crippen LogP contribution in [0.1, 0.15) is 53.0 Å². The Labute approximate surface area is 259 Å². The van der Waals surface area contributed by atoms with Crippen LogP contribution in [0.4, 0.5) is 0 Å². The molecular weight excluding hydrogens is 594 g/mol. The van der Waals surface area contributed by atoms with Gasteiger partial charge in [0.2, 0.25) is 11.8 Å². The zero-order chi connectivity index (χ0) is 32.3. The minimum atomic E-state index is -1.13. The first-order chi connectivity index (χ1) is 20.1. The number of hydrogen-bond acceptors (Lipinski definition) is 9. The van der Waals surface area contributed by atoms with E-state index < -0.39 is 60.6 Å². The predicted molar refractivity (Wildman–Crippen MR) is 168 cm³/mol. The highest BCUT2D eigenvalue weighted by molar-refractivity contribution is 8.77. The van der Waals surface area contributed by atoms with Crippen molar-refractivity contribution in [1.29, 1.82) is 0 Å². The molecule has 1 aromatic heterocycles. The van der Waals surface area contributed by atoms with Crippen molar-refractivity contribution in [2.45, 2.75) is 64.7 Å². The smallest absolute Gasteiger partial charge is 0.326 e. The molecule has 43 heavy (non-hydrogen) atoms. The maximum Gasteiger partial charge on any atom is 0.326 e. The average molecular weight is 636 g/mol. The van der Waals surface area contributed by atoms with Gasteiger partial charge in [-0.1, -0.05) is 67.5 Å². The third-order valence-corrected chi connectivity index (χ3v) is 9.65. The third kappa shape index (κ3) is 12.4. The van der Waals surface area contributed by atoms with Crippen LogP contribution in [0.2, 0.25) is 0 Å². The Hall–Kier alpha value is -3.32. The average Bonchev–Trinajstić information content (AvgIpc) is 3.32. The normalized spacial score (nSPS) is 13.5. The molecule has 11 nitrogen and oxygen atoms in total. The Bertz CT molecular complexity index is 1320. The number of ketones is 2. The van der Waals surface area contributed by atoms with Gasteiger partial charge in [0.15, 0.2) is 5.78 Å². The zero-order valence-electron chi connectivity index (χ0n) is 25.4. The van der Waals surface area contributed by atoms with Gasteiger partial charge in [-0.25, -0.2) is 0 Å². The molecule has 2 amide bonds.